The summed E-state index contributed by atoms with van der Waals surface area (Å²) in [5.41, 5.74) is 0.252. The fraction of sp³-hybridized carbons (Fsp3) is 0.533. The molecule has 0 aromatic heterocycles. The molecule has 1 amide bonds. The molecule has 0 unspecified atom stereocenters. The molecule has 104 valence electrons. The Bertz CT molecular complexity index is 413. The van der Waals surface area contributed by atoms with Crippen LogP contribution in [0, 0.1) is 0 Å². The van der Waals surface area contributed by atoms with Crippen molar-refractivity contribution in [3.05, 3.63) is 35.9 Å². The number of benzene rings is 1. The molecule has 1 aromatic carbocycles. The summed E-state index contributed by atoms with van der Waals surface area (Å²) in [5, 5.41) is 14.4. The lowest BCUT2D eigenvalue weighted by molar-refractivity contribution is -0.198. The lowest BCUT2D eigenvalue weighted by atomic mass is 9.80. The van der Waals surface area contributed by atoms with Crippen LogP contribution in [-0.4, -0.2) is 28.8 Å². The summed E-state index contributed by atoms with van der Waals surface area (Å²) in [6.45, 7) is 0.383. The summed E-state index contributed by atoms with van der Waals surface area (Å²) in [6.07, 6.45) is 4.54. The van der Waals surface area contributed by atoms with Crippen molar-refractivity contribution in [3.63, 3.8) is 0 Å². The van der Waals surface area contributed by atoms with Gasteiger partial charge in [0.15, 0.2) is 0 Å². The molecule has 0 saturated heterocycles. The van der Waals surface area contributed by atoms with Crippen LogP contribution in [-0.2, 0) is 11.3 Å². The van der Waals surface area contributed by atoms with Crippen molar-refractivity contribution in [3.8, 4) is 0 Å². The standard InChI is InChI=1S/C15H22N2O2/c1-16-14(18)15(10-6-3-7-11-15)17(19)12-13-8-4-2-5-9-13/h2,4-5,8-9,19H,3,6-7,10-12H2,1H3,(H,16,18). The van der Waals surface area contributed by atoms with Crippen molar-refractivity contribution >= 4 is 5.91 Å². The summed E-state index contributed by atoms with van der Waals surface area (Å²) in [5.74, 6) is -0.0781. The van der Waals surface area contributed by atoms with Crippen molar-refractivity contribution in [1.29, 1.82) is 0 Å². The molecular weight excluding hydrogens is 240 g/mol. The maximum Gasteiger partial charge on any atom is 0.242 e. The monoisotopic (exact) mass is 262 g/mol. The third-order valence-electron chi connectivity index (χ3n) is 4.00. The average Bonchev–Trinajstić information content (AvgIpc) is 2.48. The molecule has 0 radical (unpaired) electrons. The predicted molar refractivity (Wildman–Crippen MR) is 73.7 cm³/mol. The zero-order valence-corrected chi connectivity index (χ0v) is 11.4. The molecule has 4 heteroatoms. The summed E-state index contributed by atoms with van der Waals surface area (Å²) >= 11 is 0. The molecule has 1 aliphatic carbocycles. The fourth-order valence-electron chi connectivity index (χ4n) is 2.88. The minimum absolute atomic E-state index is 0.0781. The van der Waals surface area contributed by atoms with Crippen LogP contribution in [0.4, 0.5) is 0 Å². The van der Waals surface area contributed by atoms with Crippen LogP contribution in [0.15, 0.2) is 30.3 Å². The van der Waals surface area contributed by atoms with Crippen LogP contribution in [0.3, 0.4) is 0 Å². The van der Waals surface area contributed by atoms with E-state index in [4.69, 9.17) is 0 Å². The highest BCUT2D eigenvalue weighted by molar-refractivity contribution is 5.86. The Kier molecular flexibility index (Phi) is 4.56. The summed E-state index contributed by atoms with van der Waals surface area (Å²) in [7, 11) is 1.63. The minimum Gasteiger partial charge on any atom is -0.357 e. The van der Waals surface area contributed by atoms with Gasteiger partial charge in [0.05, 0.1) is 6.54 Å². The van der Waals surface area contributed by atoms with Crippen LogP contribution in [0.2, 0.25) is 0 Å². The summed E-state index contributed by atoms with van der Waals surface area (Å²) < 4.78 is 0. The quantitative estimate of drug-likeness (QED) is 0.819. The maximum atomic E-state index is 12.2. The Hall–Kier alpha value is -1.39. The van der Waals surface area contributed by atoms with Gasteiger partial charge in [-0.15, -0.1) is 0 Å². The van der Waals surface area contributed by atoms with E-state index in [-0.39, 0.29) is 5.91 Å². The van der Waals surface area contributed by atoms with Gasteiger partial charge >= 0.3 is 0 Å². The highest BCUT2D eigenvalue weighted by Gasteiger charge is 2.44. The average molecular weight is 262 g/mol. The Balaban J connectivity index is 2.16. The first-order valence-electron chi connectivity index (χ1n) is 6.92. The van der Waals surface area contributed by atoms with Crippen LogP contribution in [0.1, 0.15) is 37.7 Å². The van der Waals surface area contributed by atoms with E-state index in [1.54, 1.807) is 7.05 Å². The molecule has 1 aromatic rings. The fourth-order valence-corrected chi connectivity index (χ4v) is 2.88. The number of nitrogens with zero attached hydrogens (tertiary/aromatic N) is 1. The Labute approximate surface area is 114 Å². The molecule has 1 aliphatic rings. The first-order chi connectivity index (χ1) is 9.19. The molecule has 0 spiro atoms. The van der Waals surface area contributed by atoms with Gasteiger partial charge in [-0.3, -0.25) is 4.79 Å². The third-order valence-corrected chi connectivity index (χ3v) is 4.00. The summed E-state index contributed by atoms with van der Waals surface area (Å²) in [4.78, 5) is 12.2. The van der Waals surface area contributed by atoms with Crippen molar-refractivity contribution in [2.45, 2.75) is 44.2 Å². The number of hydrogen-bond acceptors (Lipinski definition) is 3. The van der Waals surface area contributed by atoms with Gasteiger partial charge in [0.2, 0.25) is 5.91 Å². The number of nitrogens with one attached hydrogen (secondary N) is 1. The first-order valence-corrected chi connectivity index (χ1v) is 6.92. The van der Waals surface area contributed by atoms with Gasteiger partial charge in [-0.05, 0) is 18.4 Å². The second-order valence-corrected chi connectivity index (χ2v) is 5.21. The van der Waals surface area contributed by atoms with Crippen molar-refractivity contribution < 1.29 is 10.0 Å². The van der Waals surface area contributed by atoms with Crippen LogP contribution in [0.5, 0.6) is 0 Å². The van der Waals surface area contributed by atoms with Gasteiger partial charge in [0.1, 0.15) is 5.54 Å². The number of hydroxylamine groups is 2. The lowest BCUT2D eigenvalue weighted by Gasteiger charge is -2.41. The number of rotatable bonds is 4. The van der Waals surface area contributed by atoms with Gasteiger partial charge in [-0.1, -0.05) is 49.6 Å². The number of carbonyl (C=O) groups is 1. The van der Waals surface area contributed by atoms with E-state index in [1.807, 2.05) is 30.3 Å². The van der Waals surface area contributed by atoms with Crippen LogP contribution >= 0.6 is 0 Å². The molecule has 2 N–H and O–H groups in total. The van der Waals surface area contributed by atoms with E-state index >= 15 is 0 Å². The van der Waals surface area contributed by atoms with Crippen LogP contribution < -0.4 is 5.32 Å². The SMILES string of the molecule is CNC(=O)C1(N(O)Cc2ccccc2)CCCCC1. The number of likely N-dealkylation sites (N-methyl/N-ethyl adjacent to an activating group) is 1. The lowest BCUT2D eigenvalue weighted by Crippen LogP contribution is -2.57. The van der Waals surface area contributed by atoms with Gasteiger partial charge in [-0.2, -0.15) is 5.06 Å². The minimum atomic E-state index is -0.761. The van der Waals surface area contributed by atoms with Gasteiger partial charge in [-0.25, -0.2) is 0 Å². The molecule has 0 bridgehead atoms. The molecule has 0 aliphatic heterocycles. The van der Waals surface area contributed by atoms with E-state index in [0.29, 0.717) is 6.54 Å². The second kappa shape index (κ2) is 6.17. The molecule has 1 saturated carbocycles. The maximum absolute atomic E-state index is 12.2. The van der Waals surface area contributed by atoms with E-state index in [0.717, 1.165) is 37.7 Å². The molecule has 0 heterocycles. The Morgan fingerprint density at radius 2 is 1.89 bits per heavy atom. The van der Waals surface area contributed by atoms with Gasteiger partial charge < -0.3 is 10.5 Å². The zero-order chi connectivity index (χ0) is 13.7. The van der Waals surface area contributed by atoms with Crippen LogP contribution in [0.25, 0.3) is 0 Å². The van der Waals surface area contributed by atoms with Gasteiger partial charge in [0.25, 0.3) is 0 Å². The molecule has 19 heavy (non-hydrogen) atoms. The largest absolute Gasteiger partial charge is 0.357 e. The normalized spacial score (nSPS) is 18.3. The highest BCUT2D eigenvalue weighted by Crippen LogP contribution is 2.33. The molecule has 2 rings (SSSR count). The number of carbonyl (C=O) groups excluding carboxylic acids is 1. The zero-order valence-electron chi connectivity index (χ0n) is 11.4. The van der Waals surface area contributed by atoms with Crippen molar-refractivity contribution in [2.24, 2.45) is 0 Å². The Morgan fingerprint density at radius 1 is 1.26 bits per heavy atom. The Morgan fingerprint density at radius 3 is 2.47 bits per heavy atom. The van der Waals surface area contributed by atoms with Gasteiger partial charge in [0, 0.05) is 7.05 Å². The molecule has 0 atom stereocenters. The van der Waals surface area contributed by atoms with Crippen molar-refractivity contribution in [2.75, 3.05) is 7.05 Å². The number of hydrogen-bond donors (Lipinski definition) is 2. The first kappa shape index (κ1) is 14.0. The van der Waals surface area contributed by atoms with E-state index in [1.165, 1.54) is 5.06 Å². The topological polar surface area (TPSA) is 52.6 Å². The third kappa shape index (κ3) is 2.96. The van der Waals surface area contributed by atoms with E-state index < -0.39 is 5.54 Å². The second-order valence-electron chi connectivity index (χ2n) is 5.21. The molecular formula is C15H22N2O2. The molecule has 4 nitrogen and oxygen atoms in total. The number of amides is 1. The predicted octanol–water partition coefficient (Wildman–Crippen LogP) is 2.33. The van der Waals surface area contributed by atoms with E-state index in [2.05, 4.69) is 5.32 Å². The highest BCUT2D eigenvalue weighted by atomic mass is 16.5. The van der Waals surface area contributed by atoms with Crippen molar-refractivity contribution in [1.82, 2.24) is 10.4 Å². The van der Waals surface area contributed by atoms with E-state index in [9.17, 15) is 10.0 Å². The summed E-state index contributed by atoms with van der Waals surface area (Å²) in [6, 6.07) is 9.75. The molecule has 1 fully saturated rings. The smallest absolute Gasteiger partial charge is 0.242 e.